The van der Waals surface area contributed by atoms with E-state index in [-0.39, 0.29) is 11.4 Å². The molecule has 0 spiro atoms. The molecule has 218 valence electrons. The summed E-state index contributed by atoms with van der Waals surface area (Å²) in [7, 11) is 1.54. The van der Waals surface area contributed by atoms with E-state index in [0.717, 1.165) is 44.1 Å². The number of carbonyl (C=O) groups excluding carboxylic acids is 1. The molecule has 0 radical (unpaired) electrons. The third kappa shape index (κ3) is 17.3. The number of methoxy groups -OCH3 is 1. The lowest BCUT2D eigenvalue weighted by Crippen LogP contribution is -2.23. The number of carbonyl (C=O) groups is 1. The van der Waals surface area contributed by atoms with E-state index < -0.39 is 6.10 Å². The van der Waals surface area contributed by atoms with Crippen molar-refractivity contribution in [2.24, 2.45) is 5.41 Å². The summed E-state index contributed by atoms with van der Waals surface area (Å²) in [6, 6.07) is 5.35. The first-order valence-electron chi connectivity index (χ1n) is 14.4. The first kappa shape index (κ1) is 34.7. The summed E-state index contributed by atoms with van der Waals surface area (Å²) in [5, 5.41) is 10.2. The van der Waals surface area contributed by atoms with Gasteiger partial charge in [0.15, 0.2) is 11.5 Å². The smallest absolute Gasteiger partial charge is 0.311 e. The predicted octanol–water partition coefficient (Wildman–Crippen LogP) is 9.50. The minimum atomic E-state index is -0.565. The summed E-state index contributed by atoms with van der Waals surface area (Å²) < 4.78 is 10.9. The van der Waals surface area contributed by atoms with Crippen LogP contribution in [0.4, 0.5) is 0 Å². The van der Waals surface area contributed by atoms with Crippen molar-refractivity contribution in [3.8, 4) is 11.5 Å². The van der Waals surface area contributed by atoms with E-state index in [9.17, 15) is 9.90 Å². The SMILES string of the molecule is CCC=CCC=CCC=CCC=CCC=CCC=CCCC(=O)Oc1ccc(C=CC(O)C(C)(C)C)cc1OC. The third-order valence-corrected chi connectivity index (χ3v) is 5.88. The highest BCUT2D eigenvalue weighted by molar-refractivity contribution is 5.73. The average Bonchev–Trinajstić information content (AvgIpc) is 2.93. The highest BCUT2D eigenvalue weighted by atomic mass is 16.6. The zero-order valence-electron chi connectivity index (χ0n) is 25.2. The molecule has 0 bridgehead atoms. The number of esters is 1. The third-order valence-electron chi connectivity index (χ3n) is 5.88. The van der Waals surface area contributed by atoms with Crippen molar-refractivity contribution in [3.63, 3.8) is 0 Å². The summed E-state index contributed by atoms with van der Waals surface area (Å²) in [5.41, 5.74) is 0.622. The van der Waals surface area contributed by atoms with Crippen LogP contribution in [-0.4, -0.2) is 24.3 Å². The van der Waals surface area contributed by atoms with Crippen LogP contribution in [-0.2, 0) is 4.79 Å². The summed E-state index contributed by atoms with van der Waals surface area (Å²) in [6.07, 6.45) is 35.7. The highest BCUT2D eigenvalue weighted by Gasteiger charge is 2.19. The Bertz CT molecular complexity index is 1050. The van der Waals surface area contributed by atoms with Crippen LogP contribution in [0.15, 0.2) is 97.2 Å². The van der Waals surface area contributed by atoms with Gasteiger partial charge >= 0.3 is 5.97 Å². The predicted molar refractivity (Wildman–Crippen MR) is 171 cm³/mol. The first-order chi connectivity index (χ1) is 19.3. The minimum Gasteiger partial charge on any atom is -0.493 e. The molecule has 0 saturated carbocycles. The normalized spacial score (nSPS) is 13.8. The largest absolute Gasteiger partial charge is 0.493 e. The number of allylic oxidation sites excluding steroid dienone is 12. The molecule has 1 unspecified atom stereocenters. The molecule has 0 fully saturated rings. The van der Waals surface area contributed by atoms with Crippen molar-refractivity contribution >= 4 is 12.0 Å². The second-order valence-electron chi connectivity index (χ2n) is 10.5. The highest BCUT2D eigenvalue weighted by Crippen LogP contribution is 2.29. The number of aliphatic hydroxyl groups excluding tert-OH is 1. The summed E-state index contributed by atoms with van der Waals surface area (Å²) in [6.45, 7) is 8.08. The van der Waals surface area contributed by atoms with Crippen LogP contribution in [0.1, 0.15) is 84.6 Å². The Morgan fingerprint density at radius 3 is 1.77 bits per heavy atom. The van der Waals surface area contributed by atoms with Crippen LogP contribution in [0.2, 0.25) is 0 Å². The lowest BCUT2D eigenvalue weighted by Gasteiger charge is -2.22. The van der Waals surface area contributed by atoms with Gasteiger partial charge in [0.25, 0.3) is 0 Å². The lowest BCUT2D eigenvalue weighted by molar-refractivity contribution is -0.134. The molecule has 40 heavy (non-hydrogen) atoms. The summed E-state index contributed by atoms with van der Waals surface area (Å²) in [5.74, 6) is 0.572. The van der Waals surface area contributed by atoms with E-state index in [4.69, 9.17) is 9.47 Å². The Hall–Kier alpha value is -3.37. The van der Waals surface area contributed by atoms with Crippen LogP contribution in [0, 0.1) is 5.41 Å². The standard InChI is InChI=1S/C36H50O4/c1-6-7-8-9-10-11-12-13-14-15-16-17-18-19-20-21-22-23-24-25-35(38)40-32-28-26-31(30-33(32)39-5)27-29-34(37)36(2,3)4/h7-8,10-11,13-14,16-17,19-20,22-23,26-30,34,37H,6,9,12,15,18,21,24-25H2,1-5H3. The van der Waals surface area contributed by atoms with Gasteiger partial charge in [-0.1, -0.05) is 119 Å². The minimum absolute atomic E-state index is 0.237. The quantitative estimate of drug-likeness (QED) is 0.113. The summed E-state index contributed by atoms with van der Waals surface area (Å²) >= 11 is 0. The van der Waals surface area contributed by atoms with Gasteiger partial charge in [0.1, 0.15) is 0 Å². The molecule has 1 rings (SSSR count). The molecule has 4 nitrogen and oxygen atoms in total. The summed E-state index contributed by atoms with van der Waals surface area (Å²) in [4.78, 5) is 12.3. The van der Waals surface area contributed by atoms with E-state index in [2.05, 4.69) is 73.8 Å². The van der Waals surface area contributed by atoms with Gasteiger partial charge in [0, 0.05) is 6.42 Å². The maximum Gasteiger partial charge on any atom is 0.311 e. The maximum atomic E-state index is 12.3. The fourth-order valence-corrected chi connectivity index (χ4v) is 3.38. The maximum absolute atomic E-state index is 12.3. The molecule has 1 N–H and O–H groups in total. The van der Waals surface area contributed by atoms with E-state index in [1.807, 2.05) is 39.0 Å². The number of hydrogen-bond donors (Lipinski definition) is 1. The molecule has 0 aliphatic heterocycles. The van der Waals surface area contributed by atoms with Crippen LogP contribution >= 0.6 is 0 Å². The zero-order chi connectivity index (χ0) is 29.5. The number of rotatable bonds is 18. The van der Waals surface area contributed by atoms with E-state index in [0.29, 0.717) is 24.3 Å². The Balaban J connectivity index is 2.27. The van der Waals surface area contributed by atoms with Gasteiger partial charge in [-0.05, 0) is 68.1 Å². The molecule has 0 aromatic heterocycles. The lowest BCUT2D eigenvalue weighted by atomic mass is 9.89. The van der Waals surface area contributed by atoms with E-state index >= 15 is 0 Å². The average molecular weight is 547 g/mol. The first-order valence-corrected chi connectivity index (χ1v) is 14.4. The monoisotopic (exact) mass is 546 g/mol. The Labute approximate surface area is 243 Å². The van der Waals surface area contributed by atoms with Crippen LogP contribution in [0.3, 0.4) is 0 Å². The van der Waals surface area contributed by atoms with Crippen molar-refractivity contribution in [2.75, 3.05) is 7.11 Å². The van der Waals surface area contributed by atoms with Crippen LogP contribution in [0.25, 0.3) is 6.08 Å². The van der Waals surface area contributed by atoms with Gasteiger partial charge in [-0.15, -0.1) is 0 Å². The van der Waals surface area contributed by atoms with E-state index in [1.165, 1.54) is 0 Å². The van der Waals surface area contributed by atoms with Crippen LogP contribution in [0.5, 0.6) is 11.5 Å². The van der Waals surface area contributed by atoms with Crippen molar-refractivity contribution in [2.45, 2.75) is 85.2 Å². The second-order valence-corrected chi connectivity index (χ2v) is 10.5. The molecular weight excluding hydrogens is 496 g/mol. The van der Waals surface area contributed by atoms with E-state index in [1.54, 1.807) is 25.3 Å². The molecule has 4 heteroatoms. The molecule has 0 saturated heterocycles. The number of ether oxygens (including phenoxy) is 2. The Morgan fingerprint density at radius 1 is 0.800 bits per heavy atom. The molecule has 1 atom stereocenters. The molecule has 0 amide bonds. The fraction of sp³-hybridized carbons (Fsp3) is 0.417. The fourth-order valence-electron chi connectivity index (χ4n) is 3.38. The number of hydrogen-bond acceptors (Lipinski definition) is 4. The van der Waals surface area contributed by atoms with Gasteiger partial charge in [-0.2, -0.15) is 0 Å². The Kier molecular flexibility index (Phi) is 18.6. The van der Waals surface area contributed by atoms with Gasteiger partial charge in [-0.3, -0.25) is 4.79 Å². The molecule has 1 aromatic carbocycles. The molecular formula is C36H50O4. The molecule has 0 heterocycles. The molecule has 0 aliphatic carbocycles. The van der Waals surface area contributed by atoms with Crippen molar-refractivity contribution in [1.29, 1.82) is 0 Å². The van der Waals surface area contributed by atoms with Crippen molar-refractivity contribution in [1.82, 2.24) is 0 Å². The number of benzene rings is 1. The van der Waals surface area contributed by atoms with Crippen molar-refractivity contribution in [3.05, 3.63) is 103 Å². The molecule has 0 aliphatic rings. The van der Waals surface area contributed by atoms with Gasteiger partial charge in [-0.25, -0.2) is 0 Å². The van der Waals surface area contributed by atoms with Gasteiger partial charge in [0.05, 0.1) is 13.2 Å². The van der Waals surface area contributed by atoms with Gasteiger partial charge in [0.2, 0.25) is 0 Å². The molecule has 1 aromatic rings. The van der Waals surface area contributed by atoms with Crippen LogP contribution < -0.4 is 9.47 Å². The second kappa shape index (κ2) is 21.5. The topological polar surface area (TPSA) is 55.8 Å². The van der Waals surface area contributed by atoms with Crippen molar-refractivity contribution < 1.29 is 19.4 Å². The zero-order valence-corrected chi connectivity index (χ0v) is 25.2. The van der Waals surface area contributed by atoms with Gasteiger partial charge < -0.3 is 14.6 Å². The Morgan fingerprint density at radius 2 is 1.30 bits per heavy atom. The number of aliphatic hydroxyl groups is 1.